The zero-order chi connectivity index (χ0) is 19.3. The van der Waals surface area contributed by atoms with Gasteiger partial charge in [-0.2, -0.15) is 0 Å². The molecule has 0 spiro atoms. The number of anilines is 2. The molecule has 0 aliphatic carbocycles. The highest BCUT2D eigenvalue weighted by molar-refractivity contribution is 7.90. The minimum Gasteiger partial charge on any atom is -0.388 e. The van der Waals surface area contributed by atoms with Gasteiger partial charge < -0.3 is 15.7 Å². The SMILES string of the molecule is CC(C)C(O)c1ccccc1NCC(=O)Nc1ccc(S(C)(=O)=O)cc1. The lowest BCUT2D eigenvalue weighted by Gasteiger charge is -2.19. The van der Waals surface area contributed by atoms with Crippen molar-refractivity contribution >= 4 is 27.1 Å². The van der Waals surface area contributed by atoms with E-state index in [0.29, 0.717) is 11.4 Å². The summed E-state index contributed by atoms with van der Waals surface area (Å²) >= 11 is 0. The molecule has 1 atom stereocenters. The number of carbonyl (C=O) groups is 1. The standard InChI is InChI=1S/C19H24N2O4S/c1-13(2)19(23)16-6-4-5-7-17(16)20-12-18(22)21-14-8-10-15(11-9-14)26(3,24)25/h4-11,13,19-20,23H,12H2,1-3H3,(H,21,22). The summed E-state index contributed by atoms with van der Waals surface area (Å²) in [6, 6.07) is 13.3. The Hall–Kier alpha value is -2.38. The van der Waals surface area contributed by atoms with Gasteiger partial charge in [0, 0.05) is 23.2 Å². The molecule has 1 amide bonds. The number of benzene rings is 2. The number of nitrogens with one attached hydrogen (secondary N) is 2. The van der Waals surface area contributed by atoms with Crippen molar-refractivity contribution in [3.63, 3.8) is 0 Å². The molecule has 2 aromatic carbocycles. The van der Waals surface area contributed by atoms with Crippen LogP contribution in [-0.4, -0.2) is 32.2 Å². The molecule has 0 bridgehead atoms. The molecule has 2 aromatic rings. The molecule has 0 radical (unpaired) electrons. The third-order valence-corrected chi connectivity index (χ3v) is 5.05. The molecule has 7 heteroatoms. The fraction of sp³-hybridized carbons (Fsp3) is 0.316. The van der Waals surface area contributed by atoms with Crippen molar-refractivity contribution in [3.8, 4) is 0 Å². The van der Waals surface area contributed by atoms with E-state index in [0.717, 1.165) is 11.8 Å². The zero-order valence-corrected chi connectivity index (χ0v) is 15.9. The predicted molar refractivity (Wildman–Crippen MR) is 103 cm³/mol. The predicted octanol–water partition coefficient (Wildman–Crippen LogP) is 2.83. The molecule has 0 heterocycles. The van der Waals surface area contributed by atoms with Crippen molar-refractivity contribution in [3.05, 3.63) is 54.1 Å². The van der Waals surface area contributed by atoms with Gasteiger partial charge in [-0.1, -0.05) is 32.0 Å². The molecule has 1 unspecified atom stereocenters. The molecule has 26 heavy (non-hydrogen) atoms. The summed E-state index contributed by atoms with van der Waals surface area (Å²) in [7, 11) is -3.26. The Morgan fingerprint density at radius 2 is 1.69 bits per heavy atom. The third kappa shape index (κ3) is 5.31. The van der Waals surface area contributed by atoms with Crippen molar-refractivity contribution in [2.75, 3.05) is 23.4 Å². The molecular formula is C19H24N2O4S. The second-order valence-electron chi connectivity index (χ2n) is 6.47. The lowest BCUT2D eigenvalue weighted by molar-refractivity contribution is -0.114. The second-order valence-corrected chi connectivity index (χ2v) is 8.49. The molecule has 2 rings (SSSR count). The summed E-state index contributed by atoms with van der Waals surface area (Å²) in [5.74, 6) is -0.217. The quantitative estimate of drug-likeness (QED) is 0.691. The summed E-state index contributed by atoms with van der Waals surface area (Å²) in [5, 5.41) is 16.0. The van der Waals surface area contributed by atoms with Crippen LogP contribution in [0, 0.1) is 5.92 Å². The van der Waals surface area contributed by atoms with E-state index >= 15 is 0 Å². The van der Waals surface area contributed by atoms with Gasteiger partial charge in [0.05, 0.1) is 17.5 Å². The Bertz CT molecular complexity index is 861. The summed E-state index contributed by atoms with van der Waals surface area (Å²) < 4.78 is 22.9. The molecule has 0 aliphatic heterocycles. The largest absolute Gasteiger partial charge is 0.388 e. The van der Waals surface area contributed by atoms with Crippen LogP contribution in [0.3, 0.4) is 0 Å². The maximum absolute atomic E-state index is 12.1. The van der Waals surface area contributed by atoms with Crippen molar-refractivity contribution in [1.82, 2.24) is 0 Å². The number of aliphatic hydroxyl groups excluding tert-OH is 1. The monoisotopic (exact) mass is 376 g/mol. The van der Waals surface area contributed by atoms with Crippen LogP contribution in [0.25, 0.3) is 0 Å². The highest BCUT2D eigenvalue weighted by Crippen LogP contribution is 2.27. The molecule has 3 N–H and O–H groups in total. The van der Waals surface area contributed by atoms with Crippen molar-refractivity contribution < 1.29 is 18.3 Å². The van der Waals surface area contributed by atoms with Gasteiger partial charge in [-0.25, -0.2) is 8.42 Å². The number of amides is 1. The van der Waals surface area contributed by atoms with Gasteiger partial charge in [-0.05, 0) is 36.2 Å². The Balaban J connectivity index is 1.99. The van der Waals surface area contributed by atoms with Crippen molar-refractivity contribution in [2.24, 2.45) is 5.92 Å². The van der Waals surface area contributed by atoms with Gasteiger partial charge in [0.1, 0.15) is 0 Å². The van der Waals surface area contributed by atoms with Crippen LogP contribution in [0.2, 0.25) is 0 Å². The highest BCUT2D eigenvalue weighted by atomic mass is 32.2. The van der Waals surface area contributed by atoms with Gasteiger partial charge in [0.25, 0.3) is 0 Å². The smallest absolute Gasteiger partial charge is 0.243 e. The minimum absolute atomic E-state index is 0.0235. The fourth-order valence-corrected chi connectivity index (χ4v) is 3.07. The minimum atomic E-state index is -3.26. The zero-order valence-electron chi connectivity index (χ0n) is 15.1. The number of hydrogen-bond donors (Lipinski definition) is 3. The first-order valence-corrected chi connectivity index (χ1v) is 10.2. The summed E-state index contributed by atoms with van der Waals surface area (Å²) in [5.41, 5.74) is 1.96. The van der Waals surface area contributed by atoms with Crippen LogP contribution in [-0.2, 0) is 14.6 Å². The Labute approximate surface area is 154 Å². The van der Waals surface area contributed by atoms with Gasteiger partial charge in [-0.3, -0.25) is 4.79 Å². The maximum Gasteiger partial charge on any atom is 0.243 e. The first-order valence-electron chi connectivity index (χ1n) is 8.29. The number of carbonyl (C=O) groups excluding carboxylic acids is 1. The molecule has 140 valence electrons. The average molecular weight is 376 g/mol. The van der Waals surface area contributed by atoms with Crippen LogP contribution in [0.4, 0.5) is 11.4 Å². The lowest BCUT2D eigenvalue weighted by Crippen LogP contribution is -2.22. The molecule has 0 saturated carbocycles. The average Bonchev–Trinajstić information content (AvgIpc) is 2.59. The lowest BCUT2D eigenvalue weighted by atomic mass is 9.97. The molecule has 0 saturated heterocycles. The van der Waals surface area contributed by atoms with Crippen LogP contribution >= 0.6 is 0 Å². The van der Waals surface area contributed by atoms with Crippen molar-refractivity contribution in [2.45, 2.75) is 24.8 Å². The Morgan fingerprint density at radius 3 is 2.27 bits per heavy atom. The molecule has 6 nitrogen and oxygen atoms in total. The molecule has 0 fully saturated rings. The van der Waals surface area contributed by atoms with Gasteiger partial charge in [0.2, 0.25) is 5.91 Å². The van der Waals surface area contributed by atoms with Crippen molar-refractivity contribution in [1.29, 1.82) is 0 Å². The maximum atomic E-state index is 12.1. The van der Waals surface area contributed by atoms with Crippen LogP contribution in [0.5, 0.6) is 0 Å². The summed E-state index contributed by atoms with van der Waals surface area (Å²) in [6.07, 6.45) is 0.512. The van der Waals surface area contributed by atoms with E-state index in [-0.39, 0.29) is 23.3 Å². The number of aliphatic hydroxyl groups is 1. The van der Waals surface area contributed by atoms with Gasteiger partial charge in [0.15, 0.2) is 9.84 Å². The van der Waals surface area contributed by atoms with E-state index in [4.69, 9.17) is 0 Å². The Morgan fingerprint density at radius 1 is 1.08 bits per heavy atom. The second kappa shape index (κ2) is 8.33. The first-order chi connectivity index (χ1) is 12.2. The van der Waals surface area contributed by atoms with Crippen LogP contribution in [0.15, 0.2) is 53.4 Å². The Kier molecular flexibility index (Phi) is 6.39. The third-order valence-electron chi connectivity index (χ3n) is 3.92. The van der Waals surface area contributed by atoms with E-state index in [9.17, 15) is 18.3 Å². The van der Waals surface area contributed by atoms with E-state index in [2.05, 4.69) is 10.6 Å². The van der Waals surface area contributed by atoms with E-state index in [1.165, 1.54) is 12.1 Å². The molecular weight excluding hydrogens is 352 g/mol. The fourth-order valence-electron chi connectivity index (χ4n) is 2.44. The molecule has 0 aliphatic rings. The molecule has 0 aromatic heterocycles. The summed E-state index contributed by atoms with van der Waals surface area (Å²) in [6.45, 7) is 3.87. The number of hydrogen-bond acceptors (Lipinski definition) is 5. The van der Waals surface area contributed by atoms with Gasteiger partial charge >= 0.3 is 0 Å². The highest BCUT2D eigenvalue weighted by Gasteiger charge is 2.16. The summed E-state index contributed by atoms with van der Waals surface area (Å²) in [4.78, 5) is 12.3. The number of rotatable bonds is 7. The number of sulfone groups is 1. The first kappa shape index (κ1) is 19.9. The normalized spacial score (nSPS) is 12.7. The van der Waals surface area contributed by atoms with E-state index in [1.54, 1.807) is 12.1 Å². The van der Waals surface area contributed by atoms with E-state index in [1.807, 2.05) is 38.1 Å². The number of para-hydroxylation sites is 1. The van der Waals surface area contributed by atoms with Gasteiger partial charge in [-0.15, -0.1) is 0 Å². The van der Waals surface area contributed by atoms with Crippen LogP contribution in [0.1, 0.15) is 25.5 Å². The van der Waals surface area contributed by atoms with Crippen LogP contribution < -0.4 is 10.6 Å². The topological polar surface area (TPSA) is 95.5 Å². The van der Waals surface area contributed by atoms with E-state index < -0.39 is 15.9 Å².